The summed E-state index contributed by atoms with van der Waals surface area (Å²) in [5, 5.41) is 12.5. The van der Waals surface area contributed by atoms with Gasteiger partial charge < -0.3 is 9.47 Å². The average molecular weight is 507 g/mol. The van der Waals surface area contributed by atoms with E-state index in [4.69, 9.17) is 14.5 Å². The highest BCUT2D eigenvalue weighted by atomic mass is 32.1. The molecule has 6 rings (SSSR count). The molecule has 2 aliphatic heterocycles. The van der Waals surface area contributed by atoms with E-state index in [-0.39, 0.29) is 17.1 Å². The second-order valence-corrected chi connectivity index (χ2v) is 9.78. The summed E-state index contributed by atoms with van der Waals surface area (Å²) < 4.78 is 28.8. The van der Waals surface area contributed by atoms with Crippen molar-refractivity contribution in [2.24, 2.45) is 15.2 Å². The van der Waals surface area contributed by atoms with Gasteiger partial charge in [0.25, 0.3) is 0 Å². The largest absolute Gasteiger partial charge is 0.496 e. The van der Waals surface area contributed by atoms with Crippen LogP contribution in [0.2, 0.25) is 0 Å². The molecule has 0 amide bonds. The molecule has 5 heterocycles. The number of aryl methyl sites for hydroxylation is 1. The molecule has 2 unspecified atom stereocenters. The van der Waals surface area contributed by atoms with Crippen LogP contribution in [0.15, 0.2) is 56.5 Å². The minimum Gasteiger partial charge on any atom is -0.496 e. The molecule has 0 aliphatic carbocycles. The Morgan fingerprint density at radius 1 is 1.28 bits per heavy atom. The van der Waals surface area contributed by atoms with Gasteiger partial charge in [-0.05, 0) is 38.3 Å². The molecular formula is C25H23FN6O3S. The van der Waals surface area contributed by atoms with E-state index in [0.717, 1.165) is 30.5 Å². The van der Waals surface area contributed by atoms with Crippen LogP contribution in [0.1, 0.15) is 29.8 Å². The normalized spacial score (nSPS) is 21.5. The summed E-state index contributed by atoms with van der Waals surface area (Å²) in [5.74, 6) is -0.128. The van der Waals surface area contributed by atoms with Crippen LogP contribution in [-0.2, 0) is 10.4 Å². The van der Waals surface area contributed by atoms with Crippen molar-refractivity contribution >= 4 is 23.2 Å². The van der Waals surface area contributed by atoms with Gasteiger partial charge in [-0.3, -0.25) is 14.4 Å². The lowest BCUT2D eigenvalue weighted by Crippen LogP contribution is -2.39. The maximum atomic E-state index is 15.4. The highest BCUT2D eigenvalue weighted by Gasteiger charge is 2.48. The van der Waals surface area contributed by atoms with Crippen molar-refractivity contribution in [3.05, 3.63) is 63.1 Å². The number of azo groups is 1. The van der Waals surface area contributed by atoms with Crippen molar-refractivity contribution in [3.63, 3.8) is 0 Å². The fourth-order valence-corrected chi connectivity index (χ4v) is 6.24. The molecule has 4 aromatic rings. The van der Waals surface area contributed by atoms with Crippen LogP contribution in [0.25, 0.3) is 27.3 Å². The molecule has 11 heteroatoms. The van der Waals surface area contributed by atoms with E-state index in [1.807, 2.05) is 6.92 Å². The predicted octanol–water partition coefficient (Wildman–Crippen LogP) is 5.09. The molecule has 1 aromatic carbocycles. The number of aliphatic imine (C=N–C) groups is 1. The zero-order valence-corrected chi connectivity index (χ0v) is 20.5. The van der Waals surface area contributed by atoms with Gasteiger partial charge >= 0.3 is 0 Å². The fraction of sp³-hybridized carbons (Fsp3) is 0.320. The Morgan fingerprint density at radius 2 is 2.17 bits per heavy atom. The number of benzene rings is 1. The first kappa shape index (κ1) is 22.7. The van der Waals surface area contributed by atoms with Crippen molar-refractivity contribution in [3.8, 4) is 27.6 Å². The molecule has 0 saturated carbocycles. The maximum Gasteiger partial charge on any atom is 0.234 e. The number of aromatic amines is 1. The molecule has 1 fully saturated rings. The number of pyridine rings is 1. The van der Waals surface area contributed by atoms with Gasteiger partial charge in [-0.2, -0.15) is 0 Å². The van der Waals surface area contributed by atoms with E-state index >= 15 is 4.39 Å². The number of aromatic nitrogens is 3. The molecule has 1 N–H and O–H groups in total. The Kier molecular flexibility index (Phi) is 5.53. The van der Waals surface area contributed by atoms with Gasteiger partial charge in [0.05, 0.1) is 34.3 Å². The van der Waals surface area contributed by atoms with Gasteiger partial charge in [0.2, 0.25) is 5.66 Å². The standard InChI is InChI=1S/C25H23FN6O3S/c1-14-20(17-12-15(33)9-10-32(17)30-14)24-29-22(21-16(26)6-5-7-18(21)34-2)23(36-24)25(27-13-28-31-25)19-8-3-4-11-35-19/h5-7,9-10,12-13,19,30H,3-4,8,11H2,1-2H3. The zero-order valence-electron chi connectivity index (χ0n) is 19.7. The molecular weight excluding hydrogens is 483 g/mol. The maximum absolute atomic E-state index is 15.4. The van der Waals surface area contributed by atoms with Crippen molar-refractivity contribution < 1.29 is 13.9 Å². The third kappa shape index (κ3) is 3.49. The summed E-state index contributed by atoms with van der Waals surface area (Å²) in [5.41, 5.74) is 1.52. The molecule has 36 heavy (non-hydrogen) atoms. The molecule has 2 aliphatic rings. The molecule has 3 aromatic heterocycles. The van der Waals surface area contributed by atoms with Gasteiger partial charge in [-0.15, -0.1) is 21.6 Å². The molecule has 9 nitrogen and oxygen atoms in total. The van der Waals surface area contributed by atoms with Crippen LogP contribution in [-0.4, -0.2) is 40.8 Å². The van der Waals surface area contributed by atoms with Crippen molar-refractivity contribution in [1.82, 2.24) is 14.6 Å². The van der Waals surface area contributed by atoms with Crippen LogP contribution in [0.5, 0.6) is 5.75 Å². The first-order valence-electron chi connectivity index (χ1n) is 11.6. The van der Waals surface area contributed by atoms with Crippen LogP contribution in [0.4, 0.5) is 4.39 Å². The predicted molar refractivity (Wildman–Crippen MR) is 134 cm³/mol. The monoisotopic (exact) mass is 506 g/mol. The second kappa shape index (κ2) is 8.75. The number of hydrogen-bond acceptors (Lipinski definition) is 8. The molecule has 0 bridgehead atoms. The number of halogens is 1. The number of rotatable bonds is 5. The topological polar surface area (TPSA) is 106 Å². The summed E-state index contributed by atoms with van der Waals surface area (Å²) in [4.78, 5) is 22.4. The summed E-state index contributed by atoms with van der Waals surface area (Å²) in [6, 6.07) is 7.70. The van der Waals surface area contributed by atoms with Crippen molar-refractivity contribution in [2.45, 2.75) is 38.0 Å². The highest BCUT2D eigenvalue weighted by molar-refractivity contribution is 7.15. The Balaban J connectivity index is 1.65. The number of hydrogen-bond donors (Lipinski definition) is 1. The van der Waals surface area contributed by atoms with Crippen LogP contribution in [0.3, 0.4) is 0 Å². The van der Waals surface area contributed by atoms with E-state index in [2.05, 4.69) is 20.3 Å². The van der Waals surface area contributed by atoms with E-state index in [0.29, 0.717) is 33.5 Å². The third-order valence-corrected chi connectivity index (χ3v) is 7.78. The SMILES string of the molecule is COc1cccc(F)c1-c1nc(-c2c(C)[nH]n3ccc(=O)cc23)sc1C1(C2CCCCO2)N=CN=N1. The third-order valence-electron chi connectivity index (χ3n) is 6.60. The summed E-state index contributed by atoms with van der Waals surface area (Å²) in [7, 11) is 1.49. The van der Waals surface area contributed by atoms with Crippen LogP contribution < -0.4 is 10.2 Å². The lowest BCUT2D eigenvalue weighted by atomic mass is 9.92. The number of nitrogens with one attached hydrogen (secondary N) is 1. The van der Waals surface area contributed by atoms with E-state index < -0.39 is 11.5 Å². The van der Waals surface area contributed by atoms with Crippen LogP contribution >= 0.6 is 11.3 Å². The highest BCUT2D eigenvalue weighted by Crippen LogP contribution is 2.50. The fourth-order valence-electron chi connectivity index (χ4n) is 4.93. The van der Waals surface area contributed by atoms with Crippen molar-refractivity contribution in [1.29, 1.82) is 0 Å². The number of H-pyrrole nitrogens is 1. The Labute approximate surface area is 209 Å². The first-order chi connectivity index (χ1) is 17.5. The number of fused-ring (bicyclic) bond motifs is 1. The summed E-state index contributed by atoms with van der Waals surface area (Å²) in [6.45, 7) is 2.50. The zero-order chi connectivity index (χ0) is 24.9. The van der Waals surface area contributed by atoms with Gasteiger partial charge in [0, 0.05) is 30.6 Å². The molecule has 1 saturated heterocycles. The van der Waals surface area contributed by atoms with Gasteiger partial charge in [0.1, 0.15) is 29.0 Å². The Bertz CT molecular complexity index is 1570. The van der Waals surface area contributed by atoms with Crippen molar-refractivity contribution in [2.75, 3.05) is 13.7 Å². The van der Waals surface area contributed by atoms with E-state index in [1.54, 1.807) is 28.9 Å². The average Bonchev–Trinajstić information content (AvgIpc) is 3.61. The van der Waals surface area contributed by atoms with Gasteiger partial charge in [0.15, 0.2) is 5.43 Å². The lowest BCUT2D eigenvalue weighted by Gasteiger charge is -2.33. The first-order valence-corrected chi connectivity index (χ1v) is 12.5. The van der Waals surface area contributed by atoms with Crippen LogP contribution in [0, 0.1) is 12.7 Å². The van der Waals surface area contributed by atoms with E-state index in [9.17, 15) is 4.79 Å². The minimum atomic E-state index is -1.18. The number of ether oxygens (including phenoxy) is 2. The number of thiazole rings is 1. The number of methoxy groups -OCH3 is 1. The molecule has 0 spiro atoms. The second-order valence-electron chi connectivity index (χ2n) is 8.78. The molecule has 0 radical (unpaired) electrons. The van der Waals surface area contributed by atoms with Gasteiger partial charge in [-0.1, -0.05) is 6.07 Å². The Hall–Kier alpha value is -3.70. The van der Waals surface area contributed by atoms with Gasteiger partial charge in [-0.25, -0.2) is 14.4 Å². The van der Waals surface area contributed by atoms with E-state index in [1.165, 1.54) is 36.9 Å². The summed E-state index contributed by atoms with van der Waals surface area (Å²) >= 11 is 1.35. The lowest BCUT2D eigenvalue weighted by molar-refractivity contribution is -0.0305. The quantitative estimate of drug-likeness (QED) is 0.407. The molecule has 184 valence electrons. The number of nitrogens with zero attached hydrogens (tertiary/aromatic N) is 5. The minimum absolute atomic E-state index is 0.121. The molecule has 2 atom stereocenters. The smallest absolute Gasteiger partial charge is 0.234 e. The summed E-state index contributed by atoms with van der Waals surface area (Å²) in [6.07, 6.45) is 5.38. The Morgan fingerprint density at radius 3 is 2.92 bits per heavy atom.